The van der Waals surface area contributed by atoms with Gasteiger partial charge in [0, 0.05) is 36.3 Å². The molecule has 0 bridgehead atoms. The molecule has 20 heavy (non-hydrogen) atoms. The zero-order valence-electron chi connectivity index (χ0n) is 11.4. The molecule has 4 rings (SSSR count). The molecule has 0 aromatic carbocycles. The van der Waals surface area contributed by atoms with E-state index in [1.165, 1.54) is 16.0 Å². The Labute approximate surface area is 122 Å². The highest BCUT2D eigenvalue weighted by Gasteiger charge is 2.21. The lowest BCUT2D eigenvalue weighted by Crippen LogP contribution is -2.29. The number of anilines is 1. The third-order valence-corrected chi connectivity index (χ3v) is 5.08. The van der Waals surface area contributed by atoms with Crippen LogP contribution in [0.25, 0.3) is 11.3 Å². The minimum Gasteiger partial charge on any atom is -0.339 e. The van der Waals surface area contributed by atoms with Crippen molar-refractivity contribution in [2.24, 2.45) is 0 Å². The molecule has 0 amide bonds. The quantitative estimate of drug-likeness (QED) is 0.871. The van der Waals surface area contributed by atoms with Gasteiger partial charge in [-0.3, -0.25) is 0 Å². The summed E-state index contributed by atoms with van der Waals surface area (Å²) >= 11 is 1.85. The molecule has 1 saturated heterocycles. The molecule has 5 heteroatoms. The van der Waals surface area contributed by atoms with E-state index in [-0.39, 0.29) is 0 Å². The summed E-state index contributed by atoms with van der Waals surface area (Å²) < 4.78 is 0. The number of hydrogen-bond donors (Lipinski definition) is 1. The van der Waals surface area contributed by atoms with Crippen LogP contribution < -0.4 is 10.2 Å². The highest BCUT2D eigenvalue weighted by atomic mass is 32.1. The lowest BCUT2D eigenvalue weighted by Gasteiger charge is -2.22. The first kappa shape index (κ1) is 12.3. The molecule has 1 aliphatic carbocycles. The predicted molar refractivity (Wildman–Crippen MR) is 82.5 cm³/mol. The first-order chi connectivity index (χ1) is 9.92. The maximum absolute atomic E-state index is 4.89. The van der Waals surface area contributed by atoms with E-state index in [2.05, 4.69) is 26.6 Å². The predicted octanol–water partition coefficient (Wildman–Crippen LogP) is 2.10. The molecule has 1 fully saturated rings. The van der Waals surface area contributed by atoms with Crippen molar-refractivity contribution >= 4 is 17.3 Å². The van der Waals surface area contributed by atoms with E-state index in [4.69, 9.17) is 4.98 Å². The van der Waals surface area contributed by atoms with Crippen molar-refractivity contribution in [2.75, 3.05) is 31.1 Å². The normalized spacial score (nSPS) is 18.3. The van der Waals surface area contributed by atoms with E-state index < -0.39 is 0 Å². The van der Waals surface area contributed by atoms with Crippen LogP contribution in [-0.2, 0) is 12.8 Å². The zero-order chi connectivity index (χ0) is 13.4. The second-order valence-corrected chi connectivity index (χ2v) is 6.39. The van der Waals surface area contributed by atoms with Gasteiger partial charge < -0.3 is 10.2 Å². The van der Waals surface area contributed by atoms with Crippen molar-refractivity contribution in [1.82, 2.24) is 15.3 Å². The van der Waals surface area contributed by atoms with E-state index in [0.29, 0.717) is 0 Å². The summed E-state index contributed by atoms with van der Waals surface area (Å²) in [6.07, 6.45) is 5.40. The summed E-state index contributed by atoms with van der Waals surface area (Å²) in [5.74, 6) is 0.895. The maximum Gasteiger partial charge on any atom is 0.225 e. The average Bonchev–Trinajstić information content (AvgIpc) is 2.81. The maximum atomic E-state index is 4.89. The zero-order valence-corrected chi connectivity index (χ0v) is 12.2. The first-order valence-electron chi connectivity index (χ1n) is 7.30. The van der Waals surface area contributed by atoms with Crippen LogP contribution in [-0.4, -0.2) is 36.1 Å². The van der Waals surface area contributed by atoms with Crippen LogP contribution in [0.2, 0.25) is 0 Å². The molecule has 4 nitrogen and oxygen atoms in total. The Hall–Kier alpha value is -1.46. The van der Waals surface area contributed by atoms with E-state index in [1.54, 1.807) is 0 Å². The lowest BCUT2D eigenvalue weighted by molar-refractivity contribution is 0.724. The summed E-state index contributed by atoms with van der Waals surface area (Å²) in [7, 11) is 0. The van der Waals surface area contributed by atoms with Gasteiger partial charge in [0.1, 0.15) is 0 Å². The van der Waals surface area contributed by atoms with Crippen LogP contribution in [0.1, 0.15) is 16.9 Å². The number of nitrogens with zero attached hydrogens (tertiary/aromatic N) is 3. The molecule has 0 atom stereocenters. The van der Waals surface area contributed by atoms with Gasteiger partial charge in [0.25, 0.3) is 0 Å². The Bertz CT molecular complexity index is 614. The van der Waals surface area contributed by atoms with Crippen LogP contribution in [0.5, 0.6) is 0 Å². The first-order valence-corrected chi connectivity index (χ1v) is 8.18. The largest absolute Gasteiger partial charge is 0.339 e. The number of nitrogens with one attached hydrogen (secondary N) is 1. The van der Waals surface area contributed by atoms with Crippen LogP contribution in [0.15, 0.2) is 17.6 Å². The number of aryl methyl sites for hydroxylation is 2. The molecular formula is C15H18N4S. The van der Waals surface area contributed by atoms with Crippen molar-refractivity contribution in [1.29, 1.82) is 0 Å². The highest BCUT2D eigenvalue weighted by molar-refractivity contribution is 7.10. The SMILES string of the molecule is c1cc2c(s1)CCc1cnc(N3CCCNCC3)nc1-2. The second kappa shape index (κ2) is 5.14. The summed E-state index contributed by atoms with van der Waals surface area (Å²) in [6, 6.07) is 2.21. The van der Waals surface area contributed by atoms with Crippen LogP contribution in [0, 0.1) is 0 Å². The van der Waals surface area contributed by atoms with E-state index in [9.17, 15) is 0 Å². The average molecular weight is 286 g/mol. The van der Waals surface area contributed by atoms with Gasteiger partial charge in [0.15, 0.2) is 0 Å². The Morgan fingerprint density at radius 2 is 2.20 bits per heavy atom. The number of aromatic nitrogens is 2. The molecular weight excluding hydrogens is 268 g/mol. The minimum absolute atomic E-state index is 0.895. The number of rotatable bonds is 1. The van der Waals surface area contributed by atoms with Gasteiger partial charge in [-0.05, 0) is 42.8 Å². The summed E-state index contributed by atoms with van der Waals surface area (Å²) in [5.41, 5.74) is 3.79. The fraction of sp³-hybridized carbons (Fsp3) is 0.467. The fourth-order valence-electron chi connectivity index (χ4n) is 3.01. The van der Waals surface area contributed by atoms with Gasteiger partial charge in [-0.2, -0.15) is 0 Å². The molecule has 1 aliphatic heterocycles. The van der Waals surface area contributed by atoms with Crippen molar-refractivity contribution in [3.05, 3.63) is 28.1 Å². The molecule has 2 aromatic heterocycles. The molecule has 1 N–H and O–H groups in total. The topological polar surface area (TPSA) is 41.1 Å². The summed E-state index contributed by atoms with van der Waals surface area (Å²) in [4.78, 5) is 13.3. The van der Waals surface area contributed by atoms with Crippen LogP contribution >= 0.6 is 11.3 Å². The van der Waals surface area contributed by atoms with Gasteiger partial charge >= 0.3 is 0 Å². The van der Waals surface area contributed by atoms with Crippen LogP contribution in [0.4, 0.5) is 5.95 Å². The molecule has 2 aromatic rings. The van der Waals surface area contributed by atoms with Crippen molar-refractivity contribution in [3.63, 3.8) is 0 Å². The Morgan fingerprint density at radius 3 is 3.20 bits per heavy atom. The monoisotopic (exact) mass is 286 g/mol. The molecule has 0 radical (unpaired) electrons. The van der Waals surface area contributed by atoms with E-state index in [1.807, 2.05) is 17.5 Å². The molecule has 0 saturated carbocycles. The van der Waals surface area contributed by atoms with Crippen molar-refractivity contribution in [2.45, 2.75) is 19.3 Å². The summed E-state index contributed by atoms with van der Waals surface area (Å²) in [5, 5.41) is 5.60. The van der Waals surface area contributed by atoms with Gasteiger partial charge in [-0.15, -0.1) is 11.3 Å². The molecule has 2 aliphatic rings. The van der Waals surface area contributed by atoms with Crippen LogP contribution in [0.3, 0.4) is 0 Å². The Kier molecular flexibility index (Phi) is 3.16. The molecule has 3 heterocycles. The lowest BCUT2D eigenvalue weighted by atomic mass is 9.96. The van der Waals surface area contributed by atoms with E-state index >= 15 is 0 Å². The number of thiophene rings is 1. The third-order valence-electron chi connectivity index (χ3n) is 4.10. The van der Waals surface area contributed by atoms with E-state index in [0.717, 1.165) is 57.1 Å². The number of fused-ring (bicyclic) bond motifs is 3. The van der Waals surface area contributed by atoms with Gasteiger partial charge in [-0.1, -0.05) is 0 Å². The van der Waals surface area contributed by atoms with Gasteiger partial charge in [0.05, 0.1) is 5.69 Å². The van der Waals surface area contributed by atoms with Crippen molar-refractivity contribution in [3.8, 4) is 11.3 Å². The highest BCUT2D eigenvalue weighted by Crippen LogP contribution is 2.35. The summed E-state index contributed by atoms with van der Waals surface area (Å²) in [6.45, 7) is 4.15. The Morgan fingerprint density at radius 1 is 1.20 bits per heavy atom. The molecule has 104 valence electrons. The smallest absolute Gasteiger partial charge is 0.225 e. The van der Waals surface area contributed by atoms with Gasteiger partial charge in [0.2, 0.25) is 5.95 Å². The molecule has 0 spiro atoms. The minimum atomic E-state index is 0.895. The standard InChI is InChI=1S/C15H18N4S/c1-5-16-6-8-19(7-1)15-17-10-11-2-3-13-12(4-9-20-13)14(11)18-15/h4,9-10,16H,1-3,5-8H2. The fourth-order valence-corrected chi connectivity index (χ4v) is 3.89. The van der Waals surface area contributed by atoms with Crippen molar-refractivity contribution < 1.29 is 0 Å². The molecule has 0 unspecified atom stereocenters. The van der Waals surface area contributed by atoms with Gasteiger partial charge in [-0.25, -0.2) is 9.97 Å². The second-order valence-electron chi connectivity index (χ2n) is 5.39. The Balaban J connectivity index is 1.72. The number of hydrogen-bond acceptors (Lipinski definition) is 5. The third kappa shape index (κ3) is 2.11.